The molecule has 3 aromatic carbocycles. The van der Waals surface area contributed by atoms with Crippen molar-refractivity contribution >= 4 is 62.5 Å². The van der Waals surface area contributed by atoms with E-state index in [1.807, 2.05) is 0 Å². The summed E-state index contributed by atoms with van der Waals surface area (Å²) >= 11 is 7.19. The molecule has 0 N–H and O–H groups in total. The van der Waals surface area contributed by atoms with Crippen LogP contribution in [0.1, 0.15) is 0 Å². The molecule has 4 aromatic rings. The zero-order valence-electron chi connectivity index (χ0n) is 11.0. The van der Waals surface area contributed by atoms with Gasteiger partial charge in [-0.25, -0.2) is 0 Å². The normalized spacial score (nSPS) is 11.3. The van der Waals surface area contributed by atoms with Gasteiger partial charge >= 0.3 is 0 Å². The van der Waals surface area contributed by atoms with Gasteiger partial charge in [0.1, 0.15) is 0 Å². The molecule has 0 amide bonds. The lowest BCUT2D eigenvalue weighted by molar-refractivity contribution is 1.62. The first-order chi connectivity index (χ1) is 10.3. The van der Waals surface area contributed by atoms with Gasteiger partial charge in [0.15, 0.2) is 14.3 Å². The number of hydrogen-bond acceptors (Lipinski definition) is 0. The van der Waals surface area contributed by atoms with Crippen LogP contribution in [0, 0.1) is 0 Å². The van der Waals surface area contributed by atoms with E-state index in [0.717, 1.165) is 8.95 Å². The molecule has 1 heterocycles. The van der Waals surface area contributed by atoms with Crippen LogP contribution in [0.15, 0.2) is 75.7 Å². The Kier molecular flexibility index (Phi) is 3.37. The van der Waals surface area contributed by atoms with Crippen LogP contribution < -0.4 is 0 Å². The van der Waals surface area contributed by atoms with Crippen molar-refractivity contribution in [3.05, 3.63) is 75.7 Å². The Bertz CT molecular complexity index is 916. The molecule has 0 radical (unpaired) electrons. The molecule has 4 rings (SSSR count). The maximum absolute atomic E-state index is 3.63. The lowest BCUT2D eigenvalue weighted by atomic mass is 10.2. The van der Waals surface area contributed by atoms with Crippen molar-refractivity contribution in [1.29, 1.82) is 0 Å². The van der Waals surface area contributed by atoms with E-state index in [4.69, 9.17) is 0 Å². The van der Waals surface area contributed by atoms with Crippen LogP contribution in [0.5, 0.6) is 0 Å². The summed E-state index contributed by atoms with van der Waals surface area (Å²) in [6.07, 6.45) is 0. The van der Waals surface area contributed by atoms with Crippen molar-refractivity contribution in [3.8, 4) is 4.90 Å². The van der Waals surface area contributed by atoms with E-state index in [-0.39, 0.29) is 10.5 Å². The SMILES string of the molecule is Brc1ccc(-[s+]2c3ccccc3c3ccccc32)cc1Br. The number of fused-ring (bicyclic) bond motifs is 3. The van der Waals surface area contributed by atoms with Crippen molar-refractivity contribution in [2.45, 2.75) is 0 Å². The average Bonchev–Trinajstić information content (AvgIpc) is 2.85. The van der Waals surface area contributed by atoms with Gasteiger partial charge in [-0.05, 0) is 68.3 Å². The second-order valence-corrected chi connectivity index (χ2v) is 8.55. The third kappa shape index (κ3) is 2.15. The van der Waals surface area contributed by atoms with Crippen molar-refractivity contribution in [2.24, 2.45) is 0 Å². The molecule has 0 aliphatic heterocycles. The van der Waals surface area contributed by atoms with E-state index < -0.39 is 0 Å². The predicted octanol–water partition coefficient (Wildman–Crippen LogP) is 7.26. The van der Waals surface area contributed by atoms with E-state index in [0.29, 0.717) is 0 Å². The minimum Gasteiger partial charge on any atom is -0.0612 e. The molecule has 0 saturated heterocycles. The van der Waals surface area contributed by atoms with Gasteiger partial charge in [0, 0.05) is 36.3 Å². The second kappa shape index (κ2) is 5.24. The number of hydrogen-bond donors (Lipinski definition) is 0. The van der Waals surface area contributed by atoms with E-state index in [2.05, 4.69) is 98.6 Å². The van der Waals surface area contributed by atoms with Gasteiger partial charge in [0.2, 0.25) is 0 Å². The molecule has 0 aliphatic carbocycles. The lowest BCUT2D eigenvalue weighted by Gasteiger charge is -1.97. The fraction of sp³-hybridized carbons (Fsp3) is 0. The Hall–Kier alpha value is -1.16. The molecule has 3 heteroatoms. The minimum atomic E-state index is -0.00994. The summed E-state index contributed by atoms with van der Waals surface area (Å²) in [5, 5.41) is 2.74. The zero-order valence-corrected chi connectivity index (χ0v) is 15.0. The summed E-state index contributed by atoms with van der Waals surface area (Å²) < 4.78 is 5.05. The Balaban J connectivity index is 2.17. The Morgan fingerprint density at radius 1 is 0.619 bits per heavy atom. The van der Waals surface area contributed by atoms with E-state index in [1.165, 1.54) is 25.1 Å². The standard InChI is InChI=1S/C18H11Br2S/c19-15-10-9-12(11-16(15)20)21-17-7-3-1-5-13(17)14-6-2-4-8-18(14)21/h1-11H/q+1. The van der Waals surface area contributed by atoms with Crippen molar-refractivity contribution in [1.82, 2.24) is 0 Å². The van der Waals surface area contributed by atoms with Gasteiger partial charge in [-0.3, -0.25) is 0 Å². The molecule has 1 aromatic heterocycles. The summed E-state index contributed by atoms with van der Waals surface area (Å²) in [5.74, 6) is 0. The summed E-state index contributed by atoms with van der Waals surface area (Å²) in [7, 11) is -0.00994. The summed E-state index contributed by atoms with van der Waals surface area (Å²) in [6.45, 7) is 0. The maximum atomic E-state index is 3.63. The lowest BCUT2D eigenvalue weighted by Crippen LogP contribution is -1.73. The van der Waals surface area contributed by atoms with Crippen LogP contribution in [-0.4, -0.2) is 0 Å². The average molecular weight is 419 g/mol. The molecule has 0 bridgehead atoms. The highest BCUT2D eigenvalue weighted by Crippen LogP contribution is 2.49. The third-order valence-electron chi connectivity index (χ3n) is 3.63. The van der Waals surface area contributed by atoms with Crippen LogP contribution in [0.2, 0.25) is 0 Å². The molecule has 0 saturated carbocycles. The highest BCUT2D eigenvalue weighted by atomic mass is 79.9. The van der Waals surface area contributed by atoms with E-state index in [1.54, 1.807) is 0 Å². The first-order valence-electron chi connectivity index (χ1n) is 6.63. The second-order valence-electron chi connectivity index (χ2n) is 4.87. The number of benzene rings is 3. The van der Waals surface area contributed by atoms with Gasteiger partial charge < -0.3 is 0 Å². The molecule has 0 spiro atoms. The van der Waals surface area contributed by atoms with Crippen molar-refractivity contribution in [3.63, 3.8) is 0 Å². The smallest absolute Gasteiger partial charge is 0.0612 e. The van der Waals surface area contributed by atoms with Crippen LogP contribution in [0.3, 0.4) is 0 Å². The number of halogens is 2. The first-order valence-corrected chi connectivity index (χ1v) is 9.44. The molecule has 0 nitrogen and oxygen atoms in total. The van der Waals surface area contributed by atoms with Gasteiger partial charge in [0.05, 0.1) is 0 Å². The Morgan fingerprint density at radius 2 is 1.19 bits per heavy atom. The zero-order chi connectivity index (χ0) is 14.4. The Morgan fingerprint density at radius 3 is 1.76 bits per heavy atom. The monoisotopic (exact) mass is 417 g/mol. The minimum absolute atomic E-state index is 0.00994. The van der Waals surface area contributed by atoms with Crippen LogP contribution in [0.25, 0.3) is 25.1 Å². The van der Waals surface area contributed by atoms with Crippen LogP contribution in [0.4, 0.5) is 0 Å². The van der Waals surface area contributed by atoms with Crippen molar-refractivity contribution in [2.75, 3.05) is 0 Å². The molecule has 0 aliphatic rings. The van der Waals surface area contributed by atoms with E-state index in [9.17, 15) is 0 Å². The fourth-order valence-electron chi connectivity index (χ4n) is 2.71. The van der Waals surface area contributed by atoms with Gasteiger partial charge in [-0.15, -0.1) is 0 Å². The molecular weight excluding hydrogens is 408 g/mol. The van der Waals surface area contributed by atoms with Crippen LogP contribution >= 0.6 is 42.3 Å². The van der Waals surface area contributed by atoms with E-state index >= 15 is 0 Å². The molecular formula is C18H11Br2S+. The number of thiophene rings is 1. The highest BCUT2D eigenvalue weighted by Gasteiger charge is 2.23. The van der Waals surface area contributed by atoms with Gasteiger partial charge in [-0.1, -0.05) is 24.3 Å². The quantitative estimate of drug-likeness (QED) is 0.285. The summed E-state index contributed by atoms with van der Waals surface area (Å²) in [6, 6.07) is 24.1. The van der Waals surface area contributed by atoms with Gasteiger partial charge in [0.25, 0.3) is 0 Å². The fourth-order valence-corrected chi connectivity index (χ4v) is 5.90. The largest absolute Gasteiger partial charge is 0.187 e. The Labute approximate surface area is 142 Å². The molecule has 102 valence electrons. The third-order valence-corrected chi connectivity index (χ3v) is 7.83. The topological polar surface area (TPSA) is 0 Å². The van der Waals surface area contributed by atoms with Crippen LogP contribution in [-0.2, 0) is 0 Å². The van der Waals surface area contributed by atoms with Gasteiger partial charge in [-0.2, -0.15) is 0 Å². The molecule has 0 atom stereocenters. The maximum Gasteiger partial charge on any atom is 0.187 e. The predicted molar refractivity (Wildman–Crippen MR) is 101 cm³/mol. The molecule has 0 fully saturated rings. The molecule has 21 heavy (non-hydrogen) atoms. The highest BCUT2D eigenvalue weighted by molar-refractivity contribution is 9.13. The molecule has 0 unspecified atom stereocenters. The summed E-state index contributed by atoms with van der Waals surface area (Å²) in [4.78, 5) is 1.35. The first kappa shape index (κ1) is 13.5. The number of rotatable bonds is 1. The van der Waals surface area contributed by atoms with Crippen molar-refractivity contribution < 1.29 is 0 Å². The summed E-state index contributed by atoms with van der Waals surface area (Å²) in [5.41, 5.74) is 0.